The van der Waals surface area contributed by atoms with Gasteiger partial charge in [0, 0.05) is 30.6 Å². The number of carbonyl (C=O) groups is 1. The van der Waals surface area contributed by atoms with Gasteiger partial charge in [0.1, 0.15) is 5.60 Å². The monoisotopic (exact) mass is 339 g/mol. The topological polar surface area (TPSA) is 85.6 Å². The fourth-order valence-electron chi connectivity index (χ4n) is 2.30. The van der Waals surface area contributed by atoms with Crippen LogP contribution in [0.5, 0.6) is 0 Å². The molecule has 1 atom stereocenters. The number of aromatic nitrogens is 1. The number of carbonyl (C=O) groups excluding carboxylic acids is 1. The van der Waals surface area contributed by atoms with Crippen molar-refractivity contribution in [3.05, 3.63) is 28.4 Å². The molecule has 0 N–H and O–H groups in total. The molecule has 0 saturated carbocycles. The number of nitro groups is 1. The third-order valence-corrected chi connectivity index (χ3v) is 4.51. The molecule has 1 aliphatic heterocycles. The van der Waals surface area contributed by atoms with E-state index in [4.69, 9.17) is 4.74 Å². The molecule has 1 saturated heterocycles. The quantitative estimate of drug-likeness (QED) is 0.619. The summed E-state index contributed by atoms with van der Waals surface area (Å²) in [7, 11) is 0. The first kappa shape index (κ1) is 17.5. The van der Waals surface area contributed by atoms with Gasteiger partial charge in [-0.15, -0.1) is 0 Å². The molecule has 0 bridgehead atoms. The molecule has 0 aromatic carbocycles. The molecule has 1 unspecified atom stereocenters. The molecular formula is C15H21N3O4S. The number of amides is 1. The van der Waals surface area contributed by atoms with E-state index in [2.05, 4.69) is 4.98 Å². The molecule has 0 radical (unpaired) electrons. The van der Waals surface area contributed by atoms with E-state index in [1.165, 1.54) is 17.8 Å². The van der Waals surface area contributed by atoms with E-state index in [1.807, 2.05) is 20.8 Å². The van der Waals surface area contributed by atoms with Gasteiger partial charge in [-0.25, -0.2) is 9.78 Å². The second kappa shape index (κ2) is 7.16. The molecule has 1 fully saturated rings. The minimum atomic E-state index is -0.531. The number of thioether (sulfide) groups is 1. The van der Waals surface area contributed by atoms with Crippen molar-refractivity contribution in [3.63, 3.8) is 0 Å². The Morgan fingerprint density at radius 3 is 2.91 bits per heavy atom. The summed E-state index contributed by atoms with van der Waals surface area (Å²) < 4.78 is 5.39. The lowest BCUT2D eigenvalue weighted by molar-refractivity contribution is -0.388. The van der Waals surface area contributed by atoms with E-state index in [0.29, 0.717) is 18.1 Å². The highest BCUT2D eigenvalue weighted by Gasteiger charge is 2.29. The maximum absolute atomic E-state index is 12.2. The summed E-state index contributed by atoms with van der Waals surface area (Å²) in [6.07, 6.45) is 2.94. The molecular weight excluding hydrogens is 318 g/mol. The zero-order chi connectivity index (χ0) is 17.0. The van der Waals surface area contributed by atoms with Crippen LogP contribution in [0.2, 0.25) is 0 Å². The Morgan fingerprint density at radius 1 is 1.52 bits per heavy atom. The second-order valence-electron chi connectivity index (χ2n) is 6.39. The first-order valence-corrected chi connectivity index (χ1v) is 8.38. The van der Waals surface area contributed by atoms with E-state index in [1.54, 1.807) is 17.2 Å². The van der Waals surface area contributed by atoms with Crippen LogP contribution in [0.25, 0.3) is 0 Å². The van der Waals surface area contributed by atoms with Crippen molar-refractivity contribution in [2.45, 2.75) is 49.5 Å². The number of likely N-dealkylation sites (tertiary alicyclic amines) is 1. The van der Waals surface area contributed by atoms with Crippen LogP contribution >= 0.6 is 11.8 Å². The number of hydrogen-bond donors (Lipinski definition) is 0. The summed E-state index contributed by atoms with van der Waals surface area (Å²) >= 11 is 1.36. The highest BCUT2D eigenvalue weighted by molar-refractivity contribution is 8.00. The Balaban J connectivity index is 2.02. The molecule has 8 heteroatoms. The standard InChI is InChI=1S/C15H21N3O4S/c1-15(2,3)22-14(19)17-9-5-6-11(10-17)23-13-12(18(20)21)7-4-8-16-13/h4,7-8,11H,5-6,9-10H2,1-3H3. The SMILES string of the molecule is CC(C)(C)OC(=O)N1CCCC(Sc2ncccc2[N+](=O)[O-])C1. The van der Waals surface area contributed by atoms with Gasteiger partial charge in [-0.2, -0.15) is 0 Å². The molecule has 1 aromatic rings. The molecule has 7 nitrogen and oxygen atoms in total. The van der Waals surface area contributed by atoms with Gasteiger partial charge in [0.15, 0.2) is 5.03 Å². The van der Waals surface area contributed by atoms with Crippen molar-refractivity contribution in [3.8, 4) is 0 Å². The summed E-state index contributed by atoms with van der Waals surface area (Å²) in [6.45, 7) is 6.65. The maximum Gasteiger partial charge on any atom is 0.410 e. The predicted molar refractivity (Wildman–Crippen MR) is 87.6 cm³/mol. The van der Waals surface area contributed by atoms with E-state index >= 15 is 0 Å². The zero-order valence-electron chi connectivity index (χ0n) is 13.5. The molecule has 2 heterocycles. The minimum absolute atomic E-state index is 0.00638. The van der Waals surface area contributed by atoms with Crippen LogP contribution in [-0.2, 0) is 4.74 Å². The van der Waals surface area contributed by atoms with Crippen molar-refractivity contribution in [2.24, 2.45) is 0 Å². The Morgan fingerprint density at radius 2 is 2.26 bits per heavy atom. The van der Waals surface area contributed by atoms with Gasteiger partial charge >= 0.3 is 11.8 Å². The van der Waals surface area contributed by atoms with Gasteiger partial charge in [0.25, 0.3) is 0 Å². The molecule has 1 aromatic heterocycles. The summed E-state index contributed by atoms with van der Waals surface area (Å²) in [6, 6.07) is 3.00. The third kappa shape index (κ3) is 5.09. The van der Waals surface area contributed by atoms with Gasteiger partial charge in [-0.3, -0.25) is 10.1 Å². The number of piperidine rings is 1. The smallest absolute Gasteiger partial charge is 0.410 e. The first-order chi connectivity index (χ1) is 10.8. The highest BCUT2D eigenvalue weighted by Crippen LogP contribution is 2.33. The van der Waals surface area contributed by atoms with E-state index in [0.717, 1.165) is 12.8 Å². The Bertz CT molecular complexity index is 588. The average Bonchev–Trinajstić information content (AvgIpc) is 2.46. The largest absolute Gasteiger partial charge is 0.444 e. The fraction of sp³-hybridized carbons (Fsp3) is 0.600. The summed E-state index contributed by atoms with van der Waals surface area (Å²) in [4.78, 5) is 28.6. The van der Waals surface area contributed by atoms with Crippen LogP contribution < -0.4 is 0 Å². The average molecular weight is 339 g/mol. The number of ether oxygens (including phenoxy) is 1. The molecule has 1 amide bonds. The number of nitrogens with zero attached hydrogens (tertiary/aromatic N) is 3. The highest BCUT2D eigenvalue weighted by atomic mass is 32.2. The van der Waals surface area contributed by atoms with Crippen LogP contribution in [0.15, 0.2) is 23.4 Å². The van der Waals surface area contributed by atoms with Crippen molar-refractivity contribution >= 4 is 23.5 Å². The zero-order valence-corrected chi connectivity index (χ0v) is 14.3. The number of rotatable bonds is 3. The van der Waals surface area contributed by atoms with Crippen LogP contribution in [0.3, 0.4) is 0 Å². The first-order valence-electron chi connectivity index (χ1n) is 7.50. The van der Waals surface area contributed by atoms with E-state index in [-0.39, 0.29) is 17.0 Å². The summed E-state index contributed by atoms with van der Waals surface area (Å²) in [5.41, 5.74) is -0.524. The lowest BCUT2D eigenvalue weighted by Crippen LogP contribution is -2.43. The second-order valence-corrected chi connectivity index (χ2v) is 7.68. The van der Waals surface area contributed by atoms with Crippen molar-refractivity contribution in [1.82, 2.24) is 9.88 Å². The van der Waals surface area contributed by atoms with Crippen molar-refractivity contribution in [1.29, 1.82) is 0 Å². The maximum atomic E-state index is 12.2. The Hall–Kier alpha value is -1.83. The summed E-state index contributed by atoms with van der Waals surface area (Å²) in [5.74, 6) is 0. The molecule has 0 spiro atoms. The van der Waals surface area contributed by atoms with Crippen LogP contribution in [-0.4, -0.2) is 44.8 Å². The van der Waals surface area contributed by atoms with Crippen LogP contribution in [0.1, 0.15) is 33.6 Å². The van der Waals surface area contributed by atoms with Crippen molar-refractivity contribution in [2.75, 3.05) is 13.1 Å². The predicted octanol–water partition coefficient (Wildman–Crippen LogP) is 3.48. The summed E-state index contributed by atoms with van der Waals surface area (Å²) in [5, 5.41) is 11.5. The van der Waals surface area contributed by atoms with E-state index in [9.17, 15) is 14.9 Å². The minimum Gasteiger partial charge on any atom is -0.444 e. The molecule has 126 valence electrons. The van der Waals surface area contributed by atoms with Gasteiger partial charge in [0.05, 0.1) is 4.92 Å². The lowest BCUT2D eigenvalue weighted by atomic mass is 10.1. The van der Waals surface area contributed by atoms with Crippen LogP contribution in [0, 0.1) is 10.1 Å². The fourth-order valence-corrected chi connectivity index (χ4v) is 3.54. The number of hydrogen-bond acceptors (Lipinski definition) is 6. The van der Waals surface area contributed by atoms with Gasteiger partial charge < -0.3 is 9.64 Å². The van der Waals surface area contributed by atoms with Crippen molar-refractivity contribution < 1.29 is 14.5 Å². The van der Waals surface area contributed by atoms with Gasteiger partial charge in [-0.05, 0) is 39.7 Å². The third-order valence-electron chi connectivity index (χ3n) is 3.26. The molecule has 23 heavy (non-hydrogen) atoms. The Labute approximate surface area is 139 Å². The van der Waals surface area contributed by atoms with E-state index < -0.39 is 10.5 Å². The molecule has 0 aliphatic carbocycles. The van der Waals surface area contributed by atoms with Crippen LogP contribution in [0.4, 0.5) is 10.5 Å². The van der Waals surface area contributed by atoms with Gasteiger partial charge in [-0.1, -0.05) is 11.8 Å². The normalized spacial score (nSPS) is 18.6. The van der Waals surface area contributed by atoms with Gasteiger partial charge in [0.2, 0.25) is 0 Å². The number of pyridine rings is 1. The Kier molecular flexibility index (Phi) is 5.46. The lowest BCUT2D eigenvalue weighted by Gasteiger charge is -2.33. The molecule has 2 rings (SSSR count). The molecule has 1 aliphatic rings.